The van der Waals surface area contributed by atoms with Gasteiger partial charge in [0.15, 0.2) is 19.7 Å². The van der Waals surface area contributed by atoms with Crippen LogP contribution < -0.4 is 30.7 Å². The normalized spacial score (nSPS) is 13.9. The highest BCUT2D eigenvalue weighted by atomic mass is 35.7. The number of halogens is 2. The molecule has 0 aromatic heterocycles. The number of hydrogen-bond donors (Lipinski definition) is 7. The minimum Gasteiger partial charge on any atom is -0.394 e. The van der Waals surface area contributed by atoms with Gasteiger partial charge in [-0.15, -0.1) is 16.0 Å². The topological polar surface area (TPSA) is 462 Å². The maximum absolute atomic E-state index is 11.8. The van der Waals surface area contributed by atoms with E-state index in [1.165, 1.54) is 99.2 Å². The van der Waals surface area contributed by atoms with Gasteiger partial charge in [-0.3, -0.25) is 37.6 Å². The zero-order valence-corrected chi connectivity index (χ0v) is 63.0. The average molecular weight is 1650 g/mol. The maximum Gasteiger partial charge on any atom is 0.441 e. The van der Waals surface area contributed by atoms with Gasteiger partial charge in [0.2, 0.25) is 17.7 Å². The molecule has 0 aliphatic carbocycles. The van der Waals surface area contributed by atoms with Gasteiger partial charge in [0, 0.05) is 119 Å². The summed E-state index contributed by atoms with van der Waals surface area (Å²) in [6.45, 7) is 14.7. The van der Waals surface area contributed by atoms with E-state index in [-0.39, 0.29) is 78.6 Å². The van der Waals surface area contributed by atoms with E-state index in [2.05, 4.69) is 52.9 Å². The fourth-order valence-corrected chi connectivity index (χ4v) is 14.6. The number of nitrogens with one attached hydrogen (secondary N) is 3. The lowest BCUT2D eigenvalue weighted by molar-refractivity contribution is -0.156. The highest BCUT2D eigenvalue weighted by Gasteiger charge is 2.28. The first-order valence-corrected chi connectivity index (χ1v) is 41.1. The lowest BCUT2D eigenvalue weighted by atomic mass is 10.2. The number of rotatable bonds is 10. The van der Waals surface area contributed by atoms with Crippen LogP contribution in [0.4, 0.5) is 34.1 Å². The summed E-state index contributed by atoms with van der Waals surface area (Å²) in [6.07, 6.45) is 5.33. The SMILES string of the molecule is C.C.C.CC(=O)N1CCc2ccc(S(=O)(=O)Cl)cc21.CC(=O)N1CCc2ccc(S(=O)(=O)O)cc21.CC(=O)OC(C)=O.CCS(=O)(=O)c1ccc2c(c1)N(C(C)=O)CC2.CCS(=O)(=O)c1ccc2c(c1)NCC2.Cl.O=S(=O)(O)c1ccc2c(c1)NCC2.O=S(O)OS(=O)(=O)OO.c1ccc2c(c1)CCN2. The Balaban J connectivity index is 0.000000605. The molecule has 0 saturated heterocycles. The lowest BCUT2D eigenvalue weighted by Crippen LogP contribution is -2.25. The first-order chi connectivity index (χ1) is 47.0. The van der Waals surface area contributed by atoms with Crippen LogP contribution in [0.1, 0.15) is 104 Å². The van der Waals surface area contributed by atoms with Gasteiger partial charge in [0.1, 0.15) is 0 Å². The number of sulfone groups is 2. The molecule has 7 N–H and O–H groups in total. The van der Waals surface area contributed by atoms with Crippen LogP contribution in [-0.4, -0.2) is 154 Å². The Morgan fingerprint density at radius 2 is 0.762 bits per heavy atom. The van der Waals surface area contributed by atoms with Crippen LogP contribution in [0.3, 0.4) is 0 Å². The molecule has 6 aliphatic heterocycles. The maximum atomic E-state index is 11.8. The lowest BCUT2D eigenvalue weighted by Gasteiger charge is -2.15. The Bertz CT molecular complexity index is 4690. The number of benzene rings is 6. The van der Waals surface area contributed by atoms with Crippen molar-refractivity contribution in [2.24, 2.45) is 0 Å². The predicted molar refractivity (Wildman–Crippen MR) is 403 cm³/mol. The van der Waals surface area contributed by atoms with Crippen molar-refractivity contribution < 1.29 is 110 Å². The molecule has 6 aromatic carbocycles. The molecule has 105 heavy (non-hydrogen) atoms. The molecular weight excluding hydrogens is 1560 g/mol. The van der Waals surface area contributed by atoms with Gasteiger partial charge < -0.3 is 35.4 Å². The number of esters is 2. The summed E-state index contributed by atoms with van der Waals surface area (Å²) in [5.74, 6) is -1.17. The Hall–Kier alpha value is -7.54. The largest absolute Gasteiger partial charge is 0.441 e. The van der Waals surface area contributed by atoms with Crippen molar-refractivity contribution in [2.75, 3.05) is 81.4 Å². The summed E-state index contributed by atoms with van der Waals surface area (Å²) in [5.41, 5.74) is 11.7. The molecule has 0 bridgehead atoms. The Kier molecular flexibility index (Phi) is 37.8. The monoisotopic (exact) mass is 1650 g/mol. The Morgan fingerprint density at radius 3 is 1.08 bits per heavy atom. The molecule has 0 saturated carbocycles. The van der Waals surface area contributed by atoms with Crippen molar-refractivity contribution in [3.8, 4) is 0 Å². The van der Waals surface area contributed by atoms with E-state index in [4.69, 9.17) is 29.6 Å². The minimum atomic E-state index is -4.71. The van der Waals surface area contributed by atoms with E-state index in [1.807, 2.05) is 6.07 Å². The number of hydrogen-bond acceptors (Lipinski definition) is 25. The molecule has 1 atom stereocenters. The molecule has 40 heteroatoms. The van der Waals surface area contributed by atoms with E-state index in [1.54, 1.807) is 72.2 Å². The Labute approximate surface area is 627 Å². The number of carbonyl (C=O) groups is 5. The molecule has 6 aromatic rings. The van der Waals surface area contributed by atoms with Crippen LogP contribution in [0.15, 0.2) is 140 Å². The molecule has 0 fully saturated rings. The third-order valence-electron chi connectivity index (χ3n) is 15.2. The molecule has 3 amide bonds. The standard InChI is InChI=1S/C12H15NO3S.C10H10ClNO3S.C10H11NO4S.C10H13NO2S.C8H9NO3S.C8H9N.C4H6O3.3CH4.ClH.H2O7S2/c1-3-17(15,16)11-5-4-10-6-7-13(9(2)14)12(10)8-11;1-7(13)12-5-4-8-2-3-9(6-10(8)12)16(11,14)15;1-7(12)11-5-4-8-2-3-9(6-10(8)11)16(13,14)15;1-2-14(12,13)9-4-3-8-5-6-11-10(8)7-9;10-13(11,12)7-2-1-6-3-4-9-8(6)5-7;1-2-4-8-7(3-1)5-6-9-8;1-3(5)7-4(2)6;;;;;1-6-9(4,5)7-8(2)3/h4-5,8H,3,6-7H2,1-2H3;2-3,6H,4-5H2,1H3;2-3,6H,4-5H2,1H3,(H,13,14,15);3-4,7,11H,2,5-6H2,1H3;1-2,5,9H,3-4H2,(H,10,11,12);1-4,9H,5-6H2;1-2H3;3*1H4;1H;1H,(H,2,3). The molecule has 1 unspecified atom stereocenters. The fourth-order valence-electron chi connectivity index (χ4n) is 10.3. The summed E-state index contributed by atoms with van der Waals surface area (Å²) >= 11 is -3.01. The zero-order valence-electron chi connectivity index (χ0n) is 55.7. The molecule has 0 spiro atoms. The zero-order chi connectivity index (χ0) is 75.6. The van der Waals surface area contributed by atoms with Crippen LogP contribution in [-0.2, 0) is 146 Å². The summed E-state index contributed by atoms with van der Waals surface area (Å²) in [7, 11) is -17.7. The smallest absolute Gasteiger partial charge is 0.394 e. The van der Waals surface area contributed by atoms with Gasteiger partial charge in [0.25, 0.3) is 29.3 Å². The van der Waals surface area contributed by atoms with Gasteiger partial charge in [-0.2, -0.15) is 29.5 Å². The average Bonchev–Trinajstić information content (AvgIpc) is 1.69. The number of carbonyl (C=O) groups excluding carboxylic acids is 5. The second kappa shape index (κ2) is 41.5. The van der Waals surface area contributed by atoms with Crippen LogP contribution >= 0.6 is 23.1 Å². The van der Waals surface area contributed by atoms with E-state index < -0.39 is 82.7 Å². The molecule has 0 radical (unpaired) electrons. The van der Waals surface area contributed by atoms with Crippen molar-refractivity contribution in [1.29, 1.82) is 0 Å². The number of fused-ring (bicyclic) bond motifs is 6. The number of para-hydroxylation sites is 1. The first kappa shape index (κ1) is 95.5. The van der Waals surface area contributed by atoms with Crippen molar-refractivity contribution in [2.45, 2.75) is 134 Å². The predicted octanol–water partition coefficient (Wildman–Crippen LogP) is 9.06. The van der Waals surface area contributed by atoms with Gasteiger partial charge in [-0.25, -0.2) is 30.5 Å². The van der Waals surface area contributed by atoms with Crippen LogP contribution in [0.2, 0.25) is 0 Å². The number of anilines is 6. The Morgan fingerprint density at radius 1 is 0.457 bits per heavy atom. The van der Waals surface area contributed by atoms with Gasteiger partial charge in [-0.05, 0) is 139 Å². The molecular formula is C65H88Cl2N6O25S7. The fraction of sp³-hybridized carbons (Fsp3) is 0.369. The summed E-state index contributed by atoms with van der Waals surface area (Å²) < 4.78 is 177. The van der Waals surface area contributed by atoms with Crippen LogP contribution in [0, 0.1) is 0 Å². The van der Waals surface area contributed by atoms with E-state index in [0.29, 0.717) is 47.2 Å². The highest BCUT2D eigenvalue weighted by Crippen LogP contribution is 2.34. The molecule has 6 aliphatic rings. The van der Waals surface area contributed by atoms with Gasteiger partial charge in [-0.1, -0.05) is 89.0 Å². The van der Waals surface area contributed by atoms with Crippen LogP contribution in [0.5, 0.6) is 0 Å². The number of ether oxygens (including phenoxy) is 1. The van der Waals surface area contributed by atoms with Crippen molar-refractivity contribution in [3.05, 3.63) is 149 Å². The highest BCUT2D eigenvalue weighted by molar-refractivity contribution is 8.13. The van der Waals surface area contributed by atoms with E-state index in [9.17, 15) is 78.7 Å². The third kappa shape index (κ3) is 28.6. The van der Waals surface area contributed by atoms with E-state index in [0.717, 1.165) is 84.6 Å². The quantitative estimate of drug-likeness (QED) is 0.0128. The number of nitrogens with zero attached hydrogens (tertiary/aromatic N) is 3. The molecule has 584 valence electrons. The number of amides is 3. The van der Waals surface area contributed by atoms with E-state index >= 15 is 0 Å². The second-order valence-electron chi connectivity index (χ2n) is 22.0. The third-order valence-corrected chi connectivity index (χ3v) is 23.0. The molecule has 31 nitrogen and oxygen atoms in total. The van der Waals surface area contributed by atoms with Crippen molar-refractivity contribution >= 4 is 158 Å². The molecule has 12 rings (SSSR count). The summed E-state index contributed by atoms with van der Waals surface area (Å²) in [5, 5.41) is 16.9. The van der Waals surface area contributed by atoms with Crippen molar-refractivity contribution in [3.63, 3.8) is 0 Å². The van der Waals surface area contributed by atoms with Gasteiger partial charge >= 0.3 is 33.7 Å². The first-order valence-electron chi connectivity index (χ1n) is 30.2. The summed E-state index contributed by atoms with van der Waals surface area (Å²) in [4.78, 5) is 58.8. The van der Waals surface area contributed by atoms with Crippen molar-refractivity contribution in [1.82, 2.24) is 0 Å². The van der Waals surface area contributed by atoms with Gasteiger partial charge in [0.05, 0.1) is 36.0 Å². The molecule has 6 heterocycles. The second-order valence-corrected chi connectivity index (χ2v) is 33.9. The summed E-state index contributed by atoms with van der Waals surface area (Å²) in [6, 6.07) is 32.4. The van der Waals surface area contributed by atoms with Crippen LogP contribution in [0.25, 0.3) is 0 Å². The minimum absolute atomic E-state index is 0.